The molecule has 10 aromatic carbocycles. The SMILES string of the molecule is c1ccc(-c2ccc(-c3ccc(-c4ccc5c(-c6ccc7ccccc7c6)c6ccccc6c(-c6ccc7ccccc7c6)c5c4)cc3)nc2-c2ccccc2)cc1. The van der Waals surface area contributed by atoms with Gasteiger partial charge in [-0.15, -0.1) is 0 Å². The molecule has 270 valence electrons. The van der Waals surface area contributed by atoms with Crippen molar-refractivity contribution in [1.82, 2.24) is 4.98 Å². The molecule has 0 amide bonds. The maximum atomic E-state index is 5.29. The number of nitrogens with zero attached hydrogens (tertiary/aromatic N) is 1. The number of rotatable bonds is 6. The highest BCUT2D eigenvalue weighted by atomic mass is 14.7. The zero-order valence-corrected chi connectivity index (χ0v) is 31.8. The summed E-state index contributed by atoms with van der Waals surface area (Å²) in [6, 6.07) is 81.4. The van der Waals surface area contributed by atoms with E-state index in [9.17, 15) is 0 Å². The second-order valence-corrected chi connectivity index (χ2v) is 15.1. The van der Waals surface area contributed by atoms with Crippen LogP contribution in [-0.2, 0) is 0 Å². The monoisotopic (exact) mass is 735 g/mol. The maximum Gasteiger partial charge on any atom is 0.0787 e. The lowest BCUT2D eigenvalue weighted by Crippen LogP contribution is -1.93. The molecule has 0 saturated carbocycles. The van der Waals surface area contributed by atoms with E-state index in [1.54, 1.807) is 0 Å². The number of fused-ring (bicyclic) bond motifs is 4. The van der Waals surface area contributed by atoms with Gasteiger partial charge in [-0.05, 0) is 106 Å². The van der Waals surface area contributed by atoms with Crippen LogP contribution in [0.15, 0.2) is 224 Å². The Labute approximate surface area is 338 Å². The average Bonchev–Trinajstić information content (AvgIpc) is 3.30. The van der Waals surface area contributed by atoms with Gasteiger partial charge < -0.3 is 0 Å². The van der Waals surface area contributed by atoms with E-state index in [1.807, 2.05) is 0 Å². The Kier molecular flexibility index (Phi) is 8.23. The van der Waals surface area contributed by atoms with Crippen LogP contribution >= 0.6 is 0 Å². The van der Waals surface area contributed by atoms with Crippen LogP contribution in [0.2, 0.25) is 0 Å². The molecule has 0 atom stereocenters. The fourth-order valence-corrected chi connectivity index (χ4v) is 8.79. The second-order valence-electron chi connectivity index (χ2n) is 15.1. The average molecular weight is 736 g/mol. The van der Waals surface area contributed by atoms with Crippen molar-refractivity contribution in [2.45, 2.75) is 0 Å². The number of pyridine rings is 1. The molecular formula is C57H37N. The van der Waals surface area contributed by atoms with Crippen molar-refractivity contribution in [3.05, 3.63) is 224 Å². The minimum Gasteiger partial charge on any atom is -0.247 e. The van der Waals surface area contributed by atoms with Gasteiger partial charge in [0.2, 0.25) is 0 Å². The molecule has 0 N–H and O–H groups in total. The predicted octanol–water partition coefficient (Wildman–Crippen LogP) is 15.7. The molecule has 11 rings (SSSR count). The van der Waals surface area contributed by atoms with Crippen molar-refractivity contribution in [3.63, 3.8) is 0 Å². The van der Waals surface area contributed by atoms with Gasteiger partial charge in [0.05, 0.1) is 11.4 Å². The van der Waals surface area contributed by atoms with E-state index in [2.05, 4.69) is 224 Å². The van der Waals surface area contributed by atoms with Crippen molar-refractivity contribution >= 4 is 43.1 Å². The van der Waals surface area contributed by atoms with Crippen LogP contribution in [0, 0.1) is 0 Å². The van der Waals surface area contributed by atoms with Crippen LogP contribution in [0.3, 0.4) is 0 Å². The van der Waals surface area contributed by atoms with Crippen LogP contribution in [0.4, 0.5) is 0 Å². The molecule has 11 aromatic rings. The molecule has 0 aliphatic rings. The van der Waals surface area contributed by atoms with Gasteiger partial charge in [0, 0.05) is 16.7 Å². The lowest BCUT2D eigenvalue weighted by atomic mass is 9.84. The van der Waals surface area contributed by atoms with E-state index in [0.29, 0.717) is 0 Å². The summed E-state index contributed by atoms with van der Waals surface area (Å²) in [5.41, 5.74) is 13.7. The molecule has 0 unspecified atom stereocenters. The van der Waals surface area contributed by atoms with Gasteiger partial charge in [-0.25, -0.2) is 4.98 Å². The first kappa shape index (κ1) is 33.7. The second kappa shape index (κ2) is 14.2. The van der Waals surface area contributed by atoms with Gasteiger partial charge in [-0.1, -0.05) is 200 Å². The standard InChI is InChI=1S/C57H37N/c1-3-15-41(16-4-1)49-33-34-54(58-57(49)43-17-5-2-6-18-43)42-27-23-40(24-28-42)46-31-32-52-53(37-46)56(48-30-26-39-14-8-10-20-45(39)36-48)51-22-12-11-21-50(51)55(52)47-29-25-38-13-7-9-19-44(38)35-47/h1-37H. The van der Waals surface area contributed by atoms with Crippen molar-refractivity contribution in [2.75, 3.05) is 0 Å². The largest absolute Gasteiger partial charge is 0.247 e. The third-order valence-electron chi connectivity index (χ3n) is 11.6. The van der Waals surface area contributed by atoms with Gasteiger partial charge in [0.15, 0.2) is 0 Å². The molecule has 58 heavy (non-hydrogen) atoms. The molecule has 0 spiro atoms. The summed E-state index contributed by atoms with van der Waals surface area (Å²) in [4.78, 5) is 5.29. The molecule has 1 aromatic heterocycles. The highest BCUT2D eigenvalue weighted by Gasteiger charge is 2.19. The normalized spacial score (nSPS) is 11.4. The molecule has 1 heterocycles. The van der Waals surface area contributed by atoms with E-state index in [1.165, 1.54) is 76.5 Å². The van der Waals surface area contributed by atoms with Crippen LogP contribution < -0.4 is 0 Å². The number of aromatic nitrogens is 1. The van der Waals surface area contributed by atoms with Crippen molar-refractivity contribution in [2.24, 2.45) is 0 Å². The van der Waals surface area contributed by atoms with Crippen molar-refractivity contribution in [3.8, 4) is 67.0 Å². The Morgan fingerprint density at radius 1 is 0.241 bits per heavy atom. The van der Waals surface area contributed by atoms with Gasteiger partial charge >= 0.3 is 0 Å². The van der Waals surface area contributed by atoms with Gasteiger partial charge in [-0.2, -0.15) is 0 Å². The summed E-state index contributed by atoms with van der Waals surface area (Å²) in [7, 11) is 0. The highest BCUT2D eigenvalue weighted by Crippen LogP contribution is 2.46. The van der Waals surface area contributed by atoms with Crippen molar-refractivity contribution < 1.29 is 0 Å². The van der Waals surface area contributed by atoms with Gasteiger partial charge in [0.1, 0.15) is 0 Å². The Morgan fingerprint density at radius 2 is 0.707 bits per heavy atom. The topological polar surface area (TPSA) is 12.9 Å². The fraction of sp³-hybridized carbons (Fsp3) is 0. The minimum atomic E-state index is 0.952. The number of benzene rings is 10. The Morgan fingerprint density at radius 3 is 1.33 bits per heavy atom. The molecule has 0 saturated heterocycles. The summed E-state index contributed by atoms with van der Waals surface area (Å²) >= 11 is 0. The molecule has 0 radical (unpaired) electrons. The first-order chi connectivity index (χ1) is 28.7. The highest BCUT2D eigenvalue weighted by molar-refractivity contribution is 6.22. The van der Waals surface area contributed by atoms with Gasteiger partial charge in [0.25, 0.3) is 0 Å². The third kappa shape index (κ3) is 5.93. The van der Waals surface area contributed by atoms with E-state index < -0.39 is 0 Å². The Balaban J connectivity index is 1.08. The zero-order chi connectivity index (χ0) is 38.4. The van der Waals surface area contributed by atoms with E-state index in [-0.39, 0.29) is 0 Å². The summed E-state index contributed by atoms with van der Waals surface area (Å²) in [6.07, 6.45) is 0. The van der Waals surface area contributed by atoms with E-state index >= 15 is 0 Å². The minimum absolute atomic E-state index is 0.952. The van der Waals surface area contributed by atoms with Crippen molar-refractivity contribution in [1.29, 1.82) is 0 Å². The van der Waals surface area contributed by atoms with E-state index in [4.69, 9.17) is 4.98 Å². The maximum absolute atomic E-state index is 5.29. The summed E-state index contributed by atoms with van der Waals surface area (Å²) < 4.78 is 0. The molecule has 0 bridgehead atoms. The Bertz CT molecular complexity index is 3310. The lowest BCUT2D eigenvalue weighted by molar-refractivity contribution is 1.32. The van der Waals surface area contributed by atoms with Gasteiger partial charge in [-0.3, -0.25) is 0 Å². The van der Waals surface area contributed by atoms with Crippen LogP contribution in [-0.4, -0.2) is 4.98 Å². The number of hydrogen-bond acceptors (Lipinski definition) is 1. The smallest absolute Gasteiger partial charge is 0.0787 e. The third-order valence-corrected chi connectivity index (χ3v) is 11.6. The molecule has 0 aliphatic carbocycles. The number of hydrogen-bond donors (Lipinski definition) is 0. The first-order valence-corrected chi connectivity index (χ1v) is 19.9. The summed E-state index contributed by atoms with van der Waals surface area (Å²) in [5, 5.41) is 9.96. The van der Waals surface area contributed by atoms with Crippen LogP contribution in [0.5, 0.6) is 0 Å². The Hall–Kier alpha value is -7.61. The summed E-state index contributed by atoms with van der Waals surface area (Å²) in [5.74, 6) is 0. The molecule has 1 nitrogen and oxygen atoms in total. The zero-order valence-electron chi connectivity index (χ0n) is 31.8. The molecule has 0 fully saturated rings. The predicted molar refractivity (Wildman–Crippen MR) is 247 cm³/mol. The first-order valence-electron chi connectivity index (χ1n) is 19.9. The van der Waals surface area contributed by atoms with E-state index in [0.717, 1.165) is 33.6 Å². The molecule has 1 heteroatoms. The quantitative estimate of drug-likeness (QED) is 0.155. The summed E-state index contributed by atoms with van der Waals surface area (Å²) in [6.45, 7) is 0. The fourth-order valence-electron chi connectivity index (χ4n) is 8.79. The lowest BCUT2D eigenvalue weighted by Gasteiger charge is -2.19. The van der Waals surface area contributed by atoms with Crippen LogP contribution in [0.25, 0.3) is 110 Å². The molecule has 0 aliphatic heterocycles. The van der Waals surface area contributed by atoms with Crippen LogP contribution in [0.1, 0.15) is 0 Å². The molecular weight excluding hydrogens is 699 g/mol.